The van der Waals surface area contributed by atoms with Crippen LogP contribution in [0.5, 0.6) is 0 Å². The summed E-state index contributed by atoms with van der Waals surface area (Å²) >= 11 is 0. The molecule has 0 saturated carbocycles. The molecule has 37 heavy (non-hydrogen) atoms. The first-order valence-corrected chi connectivity index (χ1v) is 13.4. The Morgan fingerprint density at radius 3 is 2.54 bits per heavy atom. The smallest absolute Gasteiger partial charge is 0.330 e. The van der Waals surface area contributed by atoms with Gasteiger partial charge in [-0.05, 0) is 58.3 Å². The average molecular weight is 519 g/mol. The Labute approximate surface area is 224 Å². The summed E-state index contributed by atoms with van der Waals surface area (Å²) in [7, 11) is 0. The number of aliphatic hydroxyl groups excluding tert-OH is 1. The molecule has 1 aliphatic heterocycles. The van der Waals surface area contributed by atoms with Crippen LogP contribution < -0.4 is 0 Å². The van der Waals surface area contributed by atoms with Gasteiger partial charge in [0.2, 0.25) is 5.79 Å². The molecule has 0 aromatic carbocycles. The minimum atomic E-state index is -1.78. The fraction of sp³-hybridized carbons (Fsp3) is 0.645. The summed E-state index contributed by atoms with van der Waals surface area (Å²) in [6.45, 7) is 21.0. The molecule has 0 aliphatic carbocycles. The normalized spacial score (nSPS) is 26.2. The number of aliphatic hydroxyl groups is 3. The number of carbonyl (C=O) groups excluding carboxylic acids is 1. The van der Waals surface area contributed by atoms with Crippen molar-refractivity contribution >= 4 is 5.97 Å². The highest BCUT2D eigenvalue weighted by atomic mass is 16.6. The lowest BCUT2D eigenvalue weighted by Gasteiger charge is -2.45. The van der Waals surface area contributed by atoms with Gasteiger partial charge in [0, 0.05) is 18.4 Å². The van der Waals surface area contributed by atoms with Crippen LogP contribution in [-0.2, 0) is 14.3 Å². The van der Waals surface area contributed by atoms with Gasteiger partial charge in [0.25, 0.3) is 0 Å². The molecule has 0 radical (unpaired) electrons. The van der Waals surface area contributed by atoms with Crippen LogP contribution in [0.25, 0.3) is 0 Å². The Bertz CT molecular complexity index is 852. The topological polar surface area (TPSA) is 96.2 Å². The molecule has 0 unspecified atom stereocenters. The number of rotatable bonds is 14. The van der Waals surface area contributed by atoms with Gasteiger partial charge < -0.3 is 24.8 Å². The van der Waals surface area contributed by atoms with Crippen LogP contribution in [0.3, 0.4) is 0 Å². The largest absolute Gasteiger partial charge is 0.459 e. The van der Waals surface area contributed by atoms with Crippen molar-refractivity contribution < 1.29 is 29.6 Å². The van der Waals surface area contributed by atoms with Gasteiger partial charge >= 0.3 is 5.97 Å². The van der Waals surface area contributed by atoms with Crippen LogP contribution in [0.15, 0.2) is 60.8 Å². The van der Waals surface area contributed by atoms with E-state index in [2.05, 4.69) is 27.0 Å². The van der Waals surface area contributed by atoms with Crippen LogP contribution >= 0.6 is 0 Å². The van der Waals surface area contributed by atoms with Crippen LogP contribution in [0.4, 0.5) is 0 Å². The van der Waals surface area contributed by atoms with E-state index in [9.17, 15) is 20.1 Å². The molecule has 0 bridgehead atoms. The van der Waals surface area contributed by atoms with Crippen molar-refractivity contribution in [3.63, 3.8) is 0 Å². The van der Waals surface area contributed by atoms with Crippen molar-refractivity contribution in [3.05, 3.63) is 60.8 Å². The predicted molar refractivity (Wildman–Crippen MR) is 150 cm³/mol. The van der Waals surface area contributed by atoms with E-state index in [1.165, 1.54) is 13.0 Å². The number of hydrogen-bond donors (Lipinski definition) is 3. The number of esters is 1. The van der Waals surface area contributed by atoms with Crippen molar-refractivity contribution in [1.29, 1.82) is 0 Å². The van der Waals surface area contributed by atoms with Crippen LogP contribution in [0, 0.1) is 17.8 Å². The molecular formula is C31H50O6. The van der Waals surface area contributed by atoms with E-state index in [1.807, 2.05) is 33.8 Å². The maximum atomic E-state index is 12.7. The zero-order valence-corrected chi connectivity index (χ0v) is 23.9. The van der Waals surface area contributed by atoms with Crippen LogP contribution in [0.2, 0.25) is 0 Å². The molecule has 7 atom stereocenters. The summed E-state index contributed by atoms with van der Waals surface area (Å²) in [6, 6.07) is 0. The Balaban J connectivity index is 2.92. The van der Waals surface area contributed by atoms with Crippen molar-refractivity contribution in [1.82, 2.24) is 0 Å². The van der Waals surface area contributed by atoms with E-state index in [4.69, 9.17) is 9.47 Å². The SMILES string of the molecule is C=CC[C@H]1CC(=C)C[C@@](O)([C@](C)(O)/C=C/C[C@@H](C)[C@@H](CC(C)C)OC(=O)/C=C(\C)[C@@H](C)[C@@H](O)/C=C/C)O1. The summed E-state index contributed by atoms with van der Waals surface area (Å²) in [4.78, 5) is 12.7. The summed E-state index contributed by atoms with van der Waals surface area (Å²) in [5.74, 6) is -2.12. The fourth-order valence-electron chi connectivity index (χ4n) is 4.50. The first-order chi connectivity index (χ1) is 17.2. The second-order valence-electron chi connectivity index (χ2n) is 11.2. The third-order valence-corrected chi connectivity index (χ3v) is 7.11. The second-order valence-corrected chi connectivity index (χ2v) is 11.2. The predicted octanol–water partition coefficient (Wildman–Crippen LogP) is 5.80. The van der Waals surface area contributed by atoms with Crippen molar-refractivity contribution in [2.24, 2.45) is 17.8 Å². The number of ether oxygens (including phenoxy) is 2. The van der Waals surface area contributed by atoms with Gasteiger partial charge in [0.1, 0.15) is 11.7 Å². The molecule has 3 N–H and O–H groups in total. The van der Waals surface area contributed by atoms with Gasteiger partial charge in [0.15, 0.2) is 0 Å². The highest BCUT2D eigenvalue weighted by molar-refractivity contribution is 5.83. The molecule has 1 rings (SSSR count). The highest BCUT2D eigenvalue weighted by Gasteiger charge is 2.49. The highest BCUT2D eigenvalue weighted by Crippen LogP contribution is 2.39. The number of allylic oxidation sites excluding steroid dienone is 2. The van der Waals surface area contributed by atoms with Gasteiger partial charge in [-0.1, -0.05) is 75.8 Å². The quantitative estimate of drug-likeness (QED) is 0.153. The minimum absolute atomic E-state index is 0.0245. The van der Waals surface area contributed by atoms with Crippen molar-refractivity contribution in [2.75, 3.05) is 0 Å². The van der Waals surface area contributed by atoms with Crippen LogP contribution in [0.1, 0.15) is 80.6 Å². The Hall–Kier alpha value is -1.99. The Morgan fingerprint density at radius 2 is 1.97 bits per heavy atom. The lowest BCUT2D eigenvalue weighted by atomic mass is 9.84. The number of carbonyl (C=O) groups is 1. The van der Waals surface area contributed by atoms with Crippen molar-refractivity contribution in [2.45, 2.75) is 110 Å². The van der Waals surface area contributed by atoms with E-state index in [0.717, 1.165) is 11.1 Å². The molecule has 1 heterocycles. The van der Waals surface area contributed by atoms with Gasteiger partial charge in [-0.2, -0.15) is 0 Å². The van der Waals surface area contributed by atoms with E-state index in [-0.39, 0.29) is 30.5 Å². The molecule has 0 spiro atoms. The summed E-state index contributed by atoms with van der Waals surface area (Å²) < 4.78 is 11.7. The van der Waals surface area contributed by atoms with E-state index < -0.39 is 23.5 Å². The third kappa shape index (κ3) is 10.4. The van der Waals surface area contributed by atoms with E-state index >= 15 is 0 Å². The zero-order valence-electron chi connectivity index (χ0n) is 23.9. The Kier molecular flexibility index (Phi) is 13.2. The maximum Gasteiger partial charge on any atom is 0.330 e. The molecular weight excluding hydrogens is 468 g/mol. The van der Waals surface area contributed by atoms with Crippen LogP contribution in [-0.4, -0.2) is 51.0 Å². The summed E-state index contributed by atoms with van der Waals surface area (Å²) in [5.41, 5.74) is -0.0641. The van der Waals surface area contributed by atoms with E-state index in [0.29, 0.717) is 31.6 Å². The molecule has 6 nitrogen and oxygen atoms in total. The Morgan fingerprint density at radius 1 is 1.32 bits per heavy atom. The lowest BCUT2D eigenvalue weighted by Crippen LogP contribution is -2.56. The lowest BCUT2D eigenvalue weighted by molar-refractivity contribution is -0.305. The molecule has 0 aromatic heterocycles. The maximum absolute atomic E-state index is 12.7. The standard InChI is InChI=1S/C31H50O6/c1-10-13-26-18-22(5)20-31(35,37-26)30(9,34)16-12-15-23(6)28(17-21(3)4)36-29(33)19-24(7)25(8)27(32)14-11-2/h10-12,14,16,19,21,23,25-28,32,34-35H,1,5,13,15,17-18,20H2,2-4,6-9H3/b14-11+,16-12+,24-19+/t23-,25-,26+,27+,28-,30-,31+/m1/s1. The number of hydrogen-bond acceptors (Lipinski definition) is 6. The fourth-order valence-corrected chi connectivity index (χ4v) is 4.50. The molecule has 6 heteroatoms. The average Bonchev–Trinajstić information content (AvgIpc) is 2.77. The second kappa shape index (κ2) is 14.8. The van der Waals surface area contributed by atoms with Gasteiger partial charge in [0.05, 0.1) is 12.2 Å². The summed E-state index contributed by atoms with van der Waals surface area (Å²) in [6.07, 6.45) is 11.3. The van der Waals surface area contributed by atoms with E-state index in [1.54, 1.807) is 24.3 Å². The molecule has 1 aliphatic rings. The minimum Gasteiger partial charge on any atom is -0.459 e. The molecule has 0 aromatic rings. The molecule has 210 valence electrons. The molecule has 1 saturated heterocycles. The zero-order chi connectivity index (χ0) is 28.4. The summed E-state index contributed by atoms with van der Waals surface area (Å²) in [5, 5.41) is 32.5. The third-order valence-electron chi connectivity index (χ3n) is 7.11. The van der Waals surface area contributed by atoms with Gasteiger partial charge in [-0.25, -0.2) is 4.79 Å². The first-order valence-electron chi connectivity index (χ1n) is 13.4. The first kappa shape index (κ1) is 33.0. The molecule has 1 fully saturated rings. The van der Waals surface area contributed by atoms with Gasteiger partial charge in [-0.3, -0.25) is 0 Å². The monoisotopic (exact) mass is 518 g/mol. The molecule has 0 amide bonds. The van der Waals surface area contributed by atoms with Crippen molar-refractivity contribution in [3.8, 4) is 0 Å². The van der Waals surface area contributed by atoms with Gasteiger partial charge in [-0.15, -0.1) is 6.58 Å².